The molecule has 0 radical (unpaired) electrons. The number of rotatable bonds is 7. The third-order valence-corrected chi connectivity index (χ3v) is 8.59. The van der Waals surface area contributed by atoms with Gasteiger partial charge in [-0.25, -0.2) is 13.2 Å². The maximum absolute atomic E-state index is 12.9. The normalized spacial score (nSPS) is 15.5. The Bertz CT molecular complexity index is 1500. The molecule has 0 spiro atoms. The first kappa shape index (κ1) is 30.0. The van der Waals surface area contributed by atoms with E-state index in [1.807, 2.05) is 6.07 Å². The van der Waals surface area contributed by atoms with Crippen LogP contribution in [-0.2, 0) is 26.2 Å². The van der Waals surface area contributed by atoms with E-state index in [0.29, 0.717) is 35.0 Å². The van der Waals surface area contributed by atoms with Gasteiger partial charge in [-0.05, 0) is 36.2 Å². The lowest BCUT2D eigenvalue weighted by atomic mass is 10.1. The number of alkyl halides is 3. The first-order valence-electron chi connectivity index (χ1n) is 10.9. The lowest BCUT2D eigenvalue weighted by molar-refractivity contribution is -0.192. The van der Waals surface area contributed by atoms with E-state index in [4.69, 9.17) is 32.6 Å². The molecule has 39 heavy (non-hydrogen) atoms. The number of hydrogen-bond donors (Lipinski definition) is 4. The molecule has 208 valence electrons. The van der Waals surface area contributed by atoms with Crippen molar-refractivity contribution in [2.24, 2.45) is 5.73 Å². The van der Waals surface area contributed by atoms with Crippen molar-refractivity contribution in [2.45, 2.75) is 29.4 Å². The summed E-state index contributed by atoms with van der Waals surface area (Å²) >= 11 is 7.06. The van der Waals surface area contributed by atoms with Crippen molar-refractivity contribution in [2.75, 3.05) is 6.54 Å². The van der Waals surface area contributed by atoms with Gasteiger partial charge in [0.2, 0.25) is 5.91 Å². The number of nitrogens with two attached hydrogens (primary N) is 1. The Labute approximate surface area is 229 Å². The van der Waals surface area contributed by atoms with Gasteiger partial charge in [-0.1, -0.05) is 29.8 Å². The van der Waals surface area contributed by atoms with Gasteiger partial charge < -0.3 is 15.7 Å². The predicted octanol–water partition coefficient (Wildman–Crippen LogP) is 3.46. The highest BCUT2D eigenvalue weighted by molar-refractivity contribution is 7.91. The second-order valence-corrected chi connectivity index (χ2v) is 11.6. The van der Waals surface area contributed by atoms with Crippen LogP contribution in [0.3, 0.4) is 0 Å². The molecule has 0 aliphatic carbocycles. The van der Waals surface area contributed by atoms with Crippen LogP contribution in [0.25, 0.3) is 10.4 Å². The average molecular weight is 604 g/mol. The van der Waals surface area contributed by atoms with Crippen molar-refractivity contribution >= 4 is 50.7 Å². The molecule has 1 fully saturated rings. The van der Waals surface area contributed by atoms with Crippen LogP contribution in [-0.4, -0.2) is 59.9 Å². The number of aliphatic carboxylic acids is 1. The fourth-order valence-electron chi connectivity index (χ4n) is 3.47. The van der Waals surface area contributed by atoms with Crippen LogP contribution < -0.4 is 10.5 Å². The monoisotopic (exact) mass is 603 g/mol. The summed E-state index contributed by atoms with van der Waals surface area (Å²) in [5.74, 6) is -3.08. The first-order valence-corrected chi connectivity index (χ1v) is 13.6. The van der Waals surface area contributed by atoms with Gasteiger partial charge in [-0.15, -0.1) is 11.3 Å². The molecule has 0 saturated carbocycles. The number of nitrogens with zero attached hydrogens (tertiary/aromatic N) is 2. The number of carboxylic acid groups (broad SMARTS) is 1. The molecule has 1 aliphatic rings. The van der Waals surface area contributed by atoms with Gasteiger partial charge in [0.05, 0.1) is 5.02 Å². The Morgan fingerprint density at radius 2 is 1.95 bits per heavy atom. The molecule has 10 nitrogen and oxygen atoms in total. The number of likely N-dealkylation sites (tertiary alicyclic amines) is 1. The van der Waals surface area contributed by atoms with Crippen LogP contribution in [0.15, 0.2) is 59.1 Å². The van der Waals surface area contributed by atoms with Crippen molar-refractivity contribution < 1.29 is 36.3 Å². The Hall–Kier alpha value is -3.53. The number of pyridine rings is 1. The van der Waals surface area contributed by atoms with Crippen LogP contribution in [0.2, 0.25) is 5.02 Å². The number of amides is 1. The summed E-state index contributed by atoms with van der Waals surface area (Å²) in [6, 6.07) is 11.2. The fraction of sp³-hybridized carbons (Fsp3) is 0.217. The molecule has 1 saturated heterocycles. The van der Waals surface area contributed by atoms with Gasteiger partial charge in [0.1, 0.15) is 16.1 Å². The summed E-state index contributed by atoms with van der Waals surface area (Å²) in [5, 5.41) is 15.1. The zero-order chi connectivity index (χ0) is 29.0. The molecule has 1 amide bonds. The summed E-state index contributed by atoms with van der Waals surface area (Å²) < 4.78 is 60.2. The number of thiophene rings is 1. The van der Waals surface area contributed by atoms with Crippen molar-refractivity contribution in [3.63, 3.8) is 0 Å². The van der Waals surface area contributed by atoms with E-state index in [9.17, 15) is 26.4 Å². The molecule has 3 aromatic rings. The number of sulfonamides is 1. The molecule has 4 rings (SSSR count). The van der Waals surface area contributed by atoms with Gasteiger partial charge in [0.15, 0.2) is 0 Å². The second kappa shape index (κ2) is 12.1. The fourth-order valence-corrected chi connectivity index (χ4v) is 6.18. The molecule has 1 aromatic carbocycles. The van der Waals surface area contributed by atoms with Gasteiger partial charge in [0.25, 0.3) is 10.0 Å². The molecule has 0 unspecified atom stereocenters. The summed E-state index contributed by atoms with van der Waals surface area (Å²) in [5.41, 5.74) is 7.66. The highest BCUT2D eigenvalue weighted by atomic mass is 35.5. The summed E-state index contributed by atoms with van der Waals surface area (Å²) in [4.78, 5) is 28.0. The number of nitrogen functional groups attached to an aromatic ring is 1. The molecule has 0 bridgehead atoms. The minimum Gasteiger partial charge on any atom is -0.475 e. The van der Waals surface area contributed by atoms with Crippen molar-refractivity contribution in [1.29, 1.82) is 5.41 Å². The maximum Gasteiger partial charge on any atom is 0.490 e. The summed E-state index contributed by atoms with van der Waals surface area (Å²) in [6.45, 7) is 0.753. The second-order valence-electron chi connectivity index (χ2n) is 8.15. The number of aromatic nitrogens is 1. The summed E-state index contributed by atoms with van der Waals surface area (Å²) in [7, 11) is -3.87. The average Bonchev–Trinajstić information content (AvgIpc) is 3.48. The van der Waals surface area contributed by atoms with E-state index in [0.717, 1.165) is 22.5 Å². The van der Waals surface area contributed by atoms with Crippen LogP contribution >= 0.6 is 22.9 Å². The Morgan fingerprint density at radius 3 is 2.56 bits per heavy atom. The number of nitrogens with one attached hydrogen (secondary N) is 2. The van der Waals surface area contributed by atoms with Gasteiger partial charge in [-0.3, -0.25) is 15.2 Å². The minimum absolute atomic E-state index is 0.0471. The Balaban J connectivity index is 0.000000532. The number of carboxylic acids is 1. The molecule has 5 N–H and O–H groups in total. The van der Waals surface area contributed by atoms with E-state index >= 15 is 0 Å². The van der Waals surface area contributed by atoms with Crippen LogP contribution in [0.1, 0.15) is 17.5 Å². The third kappa shape index (κ3) is 7.98. The number of benzene rings is 1. The highest BCUT2D eigenvalue weighted by Gasteiger charge is 2.38. The SMILES string of the molecule is N=C(N)c1cccc(CN2CC[C@H](NS(=O)(=O)c3ccc(-c4cncc(Cl)c4)s3)C2=O)c1.O=C(O)C(F)(F)F. The number of carbonyl (C=O) groups is 2. The summed E-state index contributed by atoms with van der Waals surface area (Å²) in [6.07, 6.45) is -1.59. The van der Waals surface area contributed by atoms with Crippen molar-refractivity contribution in [1.82, 2.24) is 14.6 Å². The van der Waals surface area contributed by atoms with Gasteiger partial charge >= 0.3 is 12.1 Å². The van der Waals surface area contributed by atoms with E-state index in [-0.39, 0.29) is 16.0 Å². The number of carbonyl (C=O) groups excluding carboxylic acids is 1. The van der Waals surface area contributed by atoms with Crippen LogP contribution in [0, 0.1) is 5.41 Å². The molecular formula is C23H21ClF3N5O5S2. The Morgan fingerprint density at radius 1 is 1.26 bits per heavy atom. The standard InChI is InChI=1S/C21H20ClN5O3S2.C2HF3O2/c22-16-9-15(10-25-11-16)18-4-5-19(31-18)32(29,30)26-17-6-7-27(21(17)28)12-13-2-1-3-14(8-13)20(23)24;3-2(4,5)1(6)7/h1-5,8-11,17,26H,6-7,12H2,(H3,23,24);(H,6,7)/t17-;/m0./s1. The third-order valence-electron chi connectivity index (χ3n) is 5.28. The molecule has 16 heteroatoms. The largest absolute Gasteiger partial charge is 0.490 e. The van der Waals surface area contributed by atoms with E-state index in [2.05, 4.69) is 9.71 Å². The maximum atomic E-state index is 12.9. The van der Waals surface area contributed by atoms with Crippen LogP contribution in [0.5, 0.6) is 0 Å². The topological polar surface area (TPSA) is 167 Å². The van der Waals surface area contributed by atoms with Crippen molar-refractivity contribution in [3.8, 4) is 10.4 Å². The van der Waals surface area contributed by atoms with Crippen LogP contribution in [0.4, 0.5) is 13.2 Å². The number of hydrogen-bond acceptors (Lipinski definition) is 7. The zero-order valence-corrected chi connectivity index (χ0v) is 22.2. The van der Waals surface area contributed by atoms with Gasteiger partial charge in [0, 0.05) is 41.5 Å². The van der Waals surface area contributed by atoms with E-state index < -0.39 is 28.2 Å². The highest BCUT2D eigenvalue weighted by Crippen LogP contribution is 2.32. The van der Waals surface area contributed by atoms with Gasteiger partial charge in [-0.2, -0.15) is 17.9 Å². The minimum atomic E-state index is -5.08. The molecular weight excluding hydrogens is 583 g/mol. The first-order chi connectivity index (χ1) is 18.2. The smallest absolute Gasteiger partial charge is 0.475 e. The molecule has 3 heterocycles. The zero-order valence-electron chi connectivity index (χ0n) is 19.8. The number of halogens is 4. The van der Waals surface area contributed by atoms with E-state index in [1.54, 1.807) is 41.4 Å². The lowest BCUT2D eigenvalue weighted by Crippen LogP contribution is -2.41. The van der Waals surface area contributed by atoms with E-state index in [1.165, 1.54) is 12.3 Å². The van der Waals surface area contributed by atoms with Crippen molar-refractivity contribution in [3.05, 3.63) is 71.0 Å². The molecule has 1 atom stereocenters. The Kier molecular flexibility index (Phi) is 9.32. The quantitative estimate of drug-likeness (QED) is 0.237. The molecule has 2 aromatic heterocycles. The predicted molar refractivity (Wildman–Crippen MR) is 138 cm³/mol. The molecule has 1 aliphatic heterocycles. The number of amidine groups is 1. The lowest BCUT2D eigenvalue weighted by Gasteiger charge is -2.17.